The molecule has 0 heterocycles. The van der Waals surface area contributed by atoms with Crippen molar-refractivity contribution in [3.05, 3.63) is 29.3 Å². The molecule has 0 saturated carbocycles. The number of carboxylic acids is 1. The number of rotatable bonds is 6. The topological polar surface area (TPSA) is 81.7 Å². The number of urea groups is 1. The first-order chi connectivity index (χ1) is 9.41. The van der Waals surface area contributed by atoms with Gasteiger partial charge in [0, 0.05) is 6.54 Å². The van der Waals surface area contributed by atoms with Gasteiger partial charge in [-0.25, -0.2) is 9.59 Å². The quantitative estimate of drug-likeness (QED) is 0.693. The summed E-state index contributed by atoms with van der Waals surface area (Å²) < 4.78 is 0. The Morgan fingerprint density at radius 2 is 2.00 bits per heavy atom. The molecule has 0 spiro atoms. The number of aryl methyl sites for hydroxylation is 1. The summed E-state index contributed by atoms with van der Waals surface area (Å²) in [6, 6.07) is 4.60. The molecule has 2 amide bonds. The first kappa shape index (κ1) is 16.0. The first-order valence-corrected chi connectivity index (χ1v) is 6.44. The van der Waals surface area contributed by atoms with Gasteiger partial charge in [0.15, 0.2) is 0 Å². The van der Waals surface area contributed by atoms with Gasteiger partial charge in [0.2, 0.25) is 0 Å². The van der Waals surface area contributed by atoms with Crippen LogP contribution in [0.15, 0.2) is 18.2 Å². The highest BCUT2D eigenvalue weighted by Gasteiger charge is 2.14. The lowest BCUT2D eigenvalue weighted by atomic mass is 10.1. The van der Waals surface area contributed by atoms with Gasteiger partial charge in [-0.15, -0.1) is 0 Å². The summed E-state index contributed by atoms with van der Waals surface area (Å²) in [5.74, 6) is -1.05. The van der Waals surface area contributed by atoms with E-state index in [0.29, 0.717) is 17.8 Å². The SMILES string of the molecule is Cc1cccc(NC(=O)NCCCN(C)C)c1C(=O)O. The van der Waals surface area contributed by atoms with Crippen LogP contribution >= 0.6 is 0 Å². The predicted octanol–water partition coefficient (Wildman–Crippen LogP) is 1.77. The van der Waals surface area contributed by atoms with Crippen molar-refractivity contribution in [2.24, 2.45) is 0 Å². The minimum atomic E-state index is -1.05. The molecule has 3 N–H and O–H groups in total. The predicted molar refractivity (Wildman–Crippen MR) is 78.3 cm³/mol. The average Bonchev–Trinajstić information content (AvgIpc) is 2.34. The average molecular weight is 279 g/mol. The van der Waals surface area contributed by atoms with Gasteiger partial charge >= 0.3 is 12.0 Å². The molecule has 0 radical (unpaired) electrons. The van der Waals surface area contributed by atoms with Crippen molar-refractivity contribution in [2.75, 3.05) is 32.5 Å². The van der Waals surface area contributed by atoms with Crippen molar-refractivity contribution < 1.29 is 14.7 Å². The smallest absolute Gasteiger partial charge is 0.338 e. The van der Waals surface area contributed by atoms with Gasteiger partial charge in [-0.1, -0.05) is 12.1 Å². The van der Waals surface area contributed by atoms with Gasteiger partial charge in [-0.3, -0.25) is 0 Å². The van der Waals surface area contributed by atoms with Crippen LogP contribution in [0.3, 0.4) is 0 Å². The van der Waals surface area contributed by atoms with Crippen molar-refractivity contribution in [3.63, 3.8) is 0 Å². The Morgan fingerprint density at radius 3 is 2.60 bits per heavy atom. The number of carbonyl (C=O) groups excluding carboxylic acids is 1. The number of benzene rings is 1. The van der Waals surface area contributed by atoms with Gasteiger partial charge in [-0.05, 0) is 45.6 Å². The monoisotopic (exact) mass is 279 g/mol. The van der Waals surface area contributed by atoms with E-state index in [-0.39, 0.29) is 5.56 Å². The minimum Gasteiger partial charge on any atom is -0.478 e. The van der Waals surface area contributed by atoms with E-state index in [4.69, 9.17) is 5.11 Å². The highest BCUT2D eigenvalue weighted by atomic mass is 16.4. The summed E-state index contributed by atoms with van der Waals surface area (Å²) in [6.45, 7) is 3.12. The first-order valence-electron chi connectivity index (χ1n) is 6.44. The second kappa shape index (κ2) is 7.49. The molecule has 0 atom stereocenters. The summed E-state index contributed by atoms with van der Waals surface area (Å²) in [4.78, 5) is 24.9. The van der Waals surface area contributed by atoms with Crippen LogP contribution in [-0.2, 0) is 0 Å². The van der Waals surface area contributed by atoms with E-state index in [1.165, 1.54) is 0 Å². The lowest BCUT2D eigenvalue weighted by Crippen LogP contribution is -2.31. The number of nitrogens with one attached hydrogen (secondary N) is 2. The van der Waals surface area contributed by atoms with Crippen molar-refractivity contribution in [3.8, 4) is 0 Å². The van der Waals surface area contributed by atoms with Crippen LogP contribution in [-0.4, -0.2) is 49.2 Å². The largest absolute Gasteiger partial charge is 0.478 e. The van der Waals surface area contributed by atoms with Crippen LogP contribution in [0.2, 0.25) is 0 Å². The molecule has 0 aliphatic heterocycles. The zero-order chi connectivity index (χ0) is 15.1. The van der Waals surface area contributed by atoms with E-state index < -0.39 is 12.0 Å². The molecule has 0 fully saturated rings. The van der Waals surface area contributed by atoms with Gasteiger partial charge in [0.25, 0.3) is 0 Å². The van der Waals surface area contributed by atoms with Crippen molar-refractivity contribution in [2.45, 2.75) is 13.3 Å². The number of amides is 2. The molecule has 0 bridgehead atoms. The van der Waals surface area contributed by atoms with Crippen molar-refractivity contribution in [1.29, 1.82) is 0 Å². The number of aromatic carboxylic acids is 1. The number of carbonyl (C=O) groups is 2. The maximum atomic E-state index is 11.7. The Hall–Kier alpha value is -2.08. The van der Waals surface area contributed by atoms with Crippen LogP contribution in [0.25, 0.3) is 0 Å². The van der Waals surface area contributed by atoms with Gasteiger partial charge in [0.1, 0.15) is 0 Å². The van der Waals surface area contributed by atoms with E-state index >= 15 is 0 Å². The molecule has 0 aliphatic carbocycles. The lowest BCUT2D eigenvalue weighted by molar-refractivity contribution is 0.0697. The molecule has 1 aromatic carbocycles. The molecule has 0 saturated heterocycles. The van der Waals surface area contributed by atoms with E-state index in [0.717, 1.165) is 13.0 Å². The Kier molecular flexibility index (Phi) is 5.99. The summed E-state index contributed by atoms with van der Waals surface area (Å²) >= 11 is 0. The normalized spacial score (nSPS) is 10.4. The molecule has 110 valence electrons. The number of anilines is 1. The van der Waals surface area contributed by atoms with Gasteiger partial charge in [-0.2, -0.15) is 0 Å². The molecule has 20 heavy (non-hydrogen) atoms. The minimum absolute atomic E-state index is 0.121. The van der Waals surface area contributed by atoms with Crippen molar-refractivity contribution >= 4 is 17.7 Å². The number of nitrogens with zero attached hydrogens (tertiary/aromatic N) is 1. The summed E-state index contributed by atoms with van der Waals surface area (Å²) in [5, 5.41) is 14.4. The zero-order valence-corrected chi connectivity index (χ0v) is 12.1. The number of hydrogen-bond donors (Lipinski definition) is 3. The third-order valence-corrected chi connectivity index (χ3v) is 2.80. The summed E-state index contributed by atoms with van der Waals surface area (Å²) in [7, 11) is 3.93. The second-order valence-electron chi connectivity index (χ2n) is 4.84. The molecule has 0 aromatic heterocycles. The third kappa shape index (κ3) is 4.89. The Morgan fingerprint density at radius 1 is 1.30 bits per heavy atom. The van der Waals surface area contributed by atoms with Crippen LogP contribution in [0.5, 0.6) is 0 Å². The molecule has 0 aliphatic rings. The third-order valence-electron chi connectivity index (χ3n) is 2.80. The van der Waals surface area contributed by atoms with Crippen LogP contribution in [0, 0.1) is 6.92 Å². The standard InChI is InChI=1S/C14H21N3O3/c1-10-6-4-7-11(12(10)13(18)19)16-14(20)15-8-5-9-17(2)3/h4,6-7H,5,8-9H2,1-3H3,(H,18,19)(H2,15,16,20). The second-order valence-corrected chi connectivity index (χ2v) is 4.84. The van der Waals surface area contributed by atoms with E-state index in [9.17, 15) is 9.59 Å². The Bertz CT molecular complexity index is 487. The lowest BCUT2D eigenvalue weighted by Gasteiger charge is -2.12. The molecule has 0 unspecified atom stereocenters. The van der Waals surface area contributed by atoms with Crippen LogP contribution in [0.1, 0.15) is 22.3 Å². The number of carboxylic acid groups (broad SMARTS) is 1. The number of hydrogen-bond acceptors (Lipinski definition) is 3. The fraction of sp³-hybridized carbons (Fsp3) is 0.429. The van der Waals surface area contributed by atoms with Crippen LogP contribution in [0.4, 0.5) is 10.5 Å². The van der Waals surface area contributed by atoms with E-state index in [1.807, 2.05) is 19.0 Å². The Balaban J connectivity index is 2.58. The maximum Gasteiger partial charge on any atom is 0.338 e. The fourth-order valence-corrected chi connectivity index (χ4v) is 1.82. The molecular weight excluding hydrogens is 258 g/mol. The van der Waals surface area contributed by atoms with E-state index in [2.05, 4.69) is 10.6 Å². The molecule has 6 heteroatoms. The van der Waals surface area contributed by atoms with Crippen molar-refractivity contribution in [1.82, 2.24) is 10.2 Å². The molecule has 1 aromatic rings. The van der Waals surface area contributed by atoms with E-state index in [1.54, 1.807) is 25.1 Å². The van der Waals surface area contributed by atoms with Crippen LogP contribution < -0.4 is 10.6 Å². The van der Waals surface area contributed by atoms with Gasteiger partial charge < -0.3 is 20.6 Å². The highest BCUT2D eigenvalue weighted by molar-refractivity contribution is 6.01. The molecular formula is C14H21N3O3. The Labute approximate surface area is 118 Å². The highest BCUT2D eigenvalue weighted by Crippen LogP contribution is 2.19. The molecule has 1 rings (SSSR count). The maximum absolute atomic E-state index is 11.7. The van der Waals surface area contributed by atoms with Gasteiger partial charge in [0.05, 0.1) is 11.3 Å². The fourth-order valence-electron chi connectivity index (χ4n) is 1.82. The zero-order valence-electron chi connectivity index (χ0n) is 12.1. The molecule has 6 nitrogen and oxygen atoms in total. The summed E-state index contributed by atoms with van der Waals surface area (Å²) in [6.07, 6.45) is 0.833. The summed E-state index contributed by atoms with van der Waals surface area (Å²) in [5.41, 5.74) is 1.04.